The molecule has 1 aromatic heterocycles. The number of rotatable bonds is 4. The van der Waals surface area contributed by atoms with E-state index in [1.807, 2.05) is 0 Å². The number of aromatic nitrogens is 2. The highest BCUT2D eigenvalue weighted by Crippen LogP contribution is 2.18. The molecule has 0 aliphatic rings. The molecule has 2 aromatic carbocycles. The van der Waals surface area contributed by atoms with Crippen molar-refractivity contribution >= 4 is 34.8 Å². The molecule has 0 bridgehead atoms. The Balaban J connectivity index is 1.67. The molecule has 5 nitrogen and oxygen atoms in total. The third-order valence-corrected chi connectivity index (χ3v) is 3.47. The molecule has 24 heavy (non-hydrogen) atoms. The highest BCUT2D eigenvalue weighted by atomic mass is 35.5. The molecule has 120 valence electrons. The molecule has 3 rings (SSSR count). The highest BCUT2D eigenvalue weighted by molar-refractivity contribution is 6.34. The van der Waals surface area contributed by atoms with Gasteiger partial charge in [0.2, 0.25) is 0 Å². The van der Waals surface area contributed by atoms with Gasteiger partial charge in [-0.1, -0.05) is 23.7 Å². The summed E-state index contributed by atoms with van der Waals surface area (Å²) in [6, 6.07) is 15.8. The van der Waals surface area contributed by atoms with Gasteiger partial charge in [0.1, 0.15) is 5.82 Å². The average molecular weight is 343 g/mol. The molecule has 0 radical (unpaired) electrons. The van der Waals surface area contributed by atoms with Gasteiger partial charge in [0, 0.05) is 5.69 Å². The molecule has 0 aliphatic heterocycles. The summed E-state index contributed by atoms with van der Waals surface area (Å²) >= 11 is 5.98. The monoisotopic (exact) mass is 342 g/mol. The number of nitrogens with one attached hydrogen (secondary N) is 2. The number of amides is 1. The zero-order valence-corrected chi connectivity index (χ0v) is 13.1. The summed E-state index contributed by atoms with van der Waals surface area (Å²) < 4.78 is 12.9. The molecule has 0 atom stereocenters. The number of carbonyl (C=O) groups excluding carboxylic acids is 1. The SMILES string of the molecule is O=C(Nc1ccc(Nc2ccc(F)cc2)nn1)c1ccccc1Cl. The van der Waals surface area contributed by atoms with Crippen LogP contribution >= 0.6 is 11.6 Å². The van der Waals surface area contributed by atoms with Gasteiger partial charge in [-0.3, -0.25) is 4.79 Å². The molecular weight excluding hydrogens is 331 g/mol. The number of nitrogens with zero attached hydrogens (tertiary/aromatic N) is 2. The van der Waals surface area contributed by atoms with Crippen LogP contribution in [0.4, 0.5) is 21.7 Å². The molecular formula is C17H12ClFN4O. The third kappa shape index (κ3) is 3.85. The zero-order chi connectivity index (χ0) is 16.9. The first-order chi connectivity index (χ1) is 11.6. The predicted molar refractivity (Wildman–Crippen MR) is 91.1 cm³/mol. The summed E-state index contributed by atoms with van der Waals surface area (Å²) in [6.45, 7) is 0. The average Bonchev–Trinajstić information content (AvgIpc) is 2.59. The Bertz CT molecular complexity index is 853. The van der Waals surface area contributed by atoms with Crippen molar-refractivity contribution in [1.29, 1.82) is 0 Å². The van der Waals surface area contributed by atoms with E-state index < -0.39 is 0 Å². The van der Waals surface area contributed by atoms with Crippen LogP contribution in [-0.4, -0.2) is 16.1 Å². The van der Waals surface area contributed by atoms with Crippen molar-refractivity contribution in [1.82, 2.24) is 10.2 Å². The van der Waals surface area contributed by atoms with E-state index in [2.05, 4.69) is 20.8 Å². The maximum atomic E-state index is 12.9. The van der Waals surface area contributed by atoms with Gasteiger partial charge in [0.05, 0.1) is 10.6 Å². The molecule has 2 N–H and O–H groups in total. The summed E-state index contributed by atoms with van der Waals surface area (Å²) in [7, 11) is 0. The topological polar surface area (TPSA) is 66.9 Å². The molecule has 7 heteroatoms. The Morgan fingerprint density at radius 3 is 2.25 bits per heavy atom. The number of halogens is 2. The summed E-state index contributed by atoms with van der Waals surface area (Å²) in [5.74, 6) is 0.0836. The fraction of sp³-hybridized carbons (Fsp3) is 0. The second-order valence-electron chi connectivity index (χ2n) is 4.87. The van der Waals surface area contributed by atoms with E-state index in [0.717, 1.165) is 0 Å². The molecule has 1 heterocycles. The van der Waals surface area contributed by atoms with Crippen LogP contribution in [0.3, 0.4) is 0 Å². The van der Waals surface area contributed by atoms with Crippen LogP contribution in [0.1, 0.15) is 10.4 Å². The van der Waals surface area contributed by atoms with Crippen LogP contribution in [-0.2, 0) is 0 Å². The smallest absolute Gasteiger partial charge is 0.258 e. The first kappa shape index (κ1) is 15.9. The minimum Gasteiger partial charge on any atom is -0.339 e. The van der Waals surface area contributed by atoms with Crippen LogP contribution in [0.15, 0.2) is 60.7 Å². The normalized spacial score (nSPS) is 10.2. The van der Waals surface area contributed by atoms with Gasteiger partial charge in [0.25, 0.3) is 5.91 Å². The number of benzene rings is 2. The molecule has 0 unspecified atom stereocenters. The summed E-state index contributed by atoms with van der Waals surface area (Å²) in [5.41, 5.74) is 1.04. The maximum Gasteiger partial charge on any atom is 0.258 e. The Hall–Kier alpha value is -2.99. The van der Waals surface area contributed by atoms with Gasteiger partial charge < -0.3 is 10.6 Å². The minimum atomic E-state index is -0.367. The Kier molecular flexibility index (Phi) is 4.67. The lowest BCUT2D eigenvalue weighted by atomic mass is 10.2. The number of carbonyl (C=O) groups is 1. The van der Waals surface area contributed by atoms with E-state index in [1.54, 1.807) is 48.5 Å². The summed E-state index contributed by atoms with van der Waals surface area (Å²) in [5, 5.41) is 13.8. The largest absolute Gasteiger partial charge is 0.339 e. The van der Waals surface area contributed by atoms with Crippen molar-refractivity contribution in [2.45, 2.75) is 0 Å². The van der Waals surface area contributed by atoms with Crippen molar-refractivity contribution in [3.8, 4) is 0 Å². The van der Waals surface area contributed by atoms with E-state index in [9.17, 15) is 9.18 Å². The summed E-state index contributed by atoms with van der Waals surface area (Å²) in [4.78, 5) is 12.1. The van der Waals surface area contributed by atoms with Crippen LogP contribution in [0.5, 0.6) is 0 Å². The molecule has 3 aromatic rings. The fourth-order valence-corrected chi connectivity index (χ4v) is 2.20. The van der Waals surface area contributed by atoms with Crippen LogP contribution in [0.25, 0.3) is 0 Å². The first-order valence-corrected chi connectivity index (χ1v) is 7.42. The zero-order valence-electron chi connectivity index (χ0n) is 12.3. The molecule has 0 saturated carbocycles. The van der Waals surface area contributed by atoms with Gasteiger partial charge in [-0.25, -0.2) is 4.39 Å². The molecule has 0 saturated heterocycles. The van der Waals surface area contributed by atoms with Crippen molar-refractivity contribution in [2.75, 3.05) is 10.6 Å². The number of anilines is 3. The van der Waals surface area contributed by atoms with E-state index in [0.29, 0.717) is 27.9 Å². The van der Waals surface area contributed by atoms with Gasteiger partial charge >= 0.3 is 0 Å². The fourth-order valence-electron chi connectivity index (χ4n) is 1.98. The van der Waals surface area contributed by atoms with Gasteiger partial charge in [0.15, 0.2) is 11.6 Å². The lowest BCUT2D eigenvalue weighted by molar-refractivity contribution is 0.102. The van der Waals surface area contributed by atoms with E-state index in [1.165, 1.54) is 12.1 Å². The van der Waals surface area contributed by atoms with Gasteiger partial charge in [-0.15, -0.1) is 10.2 Å². The standard InChI is InChI=1S/C17H12ClFN4O/c18-14-4-2-1-3-13(14)17(24)21-16-10-9-15(22-23-16)20-12-7-5-11(19)6-8-12/h1-10H,(H,20,22)(H,21,23,24). The van der Waals surface area contributed by atoms with Crippen molar-refractivity contribution in [3.63, 3.8) is 0 Å². The first-order valence-electron chi connectivity index (χ1n) is 7.04. The Morgan fingerprint density at radius 2 is 1.58 bits per heavy atom. The predicted octanol–water partition coefficient (Wildman–Crippen LogP) is 4.27. The van der Waals surface area contributed by atoms with E-state index in [-0.39, 0.29) is 11.7 Å². The quantitative estimate of drug-likeness (QED) is 0.743. The van der Waals surface area contributed by atoms with E-state index in [4.69, 9.17) is 11.6 Å². The Labute approximate surface area is 142 Å². The highest BCUT2D eigenvalue weighted by Gasteiger charge is 2.10. The molecule has 0 fully saturated rings. The van der Waals surface area contributed by atoms with Crippen LogP contribution < -0.4 is 10.6 Å². The maximum absolute atomic E-state index is 12.9. The second kappa shape index (κ2) is 7.06. The van der Waals surface area contributed by atoms with Crippen molar-refractivity contribution in [3.05, 3.63) is 77.1 Å². The lowest BCUT2D eigenvalue weighted by Gasteiger charge is -2.07. The minimum absolute atomic E-state index is 0.296. The molecule has 0 spiro atoms. The number of hydrogen-bond donors (Lipinski definition) is 2. The number of hydrogen-bond acceptors (Lipinski definition) is 4. The van der Waals surface area contributed by atoms with Crippen LogP contribution in [0.2, 0.25) is 5.02 Å². The van der Waals surface area contributed by atoms with Crippen molar-refractivity contribution in [2.24, 2.45) is 0 Å². The Morgan fingerprint density at radius 1 is 0.917 bits per heavy atom. The second-order valence-corrected chi connectivity index (χ2v) is 5.28. The third-order valence-electron chi connectivity index (χ3n) is 3.14. The van der Waals surface area contributed by atoms with Crippen LogP contribution in [0, 0.1) is 5.82 Å². The molecule has 0 aliphatic carbocycles. The van der Waals surface area contributed by atoms with Gasteiger partial charge in [-0.2, -0.15) is 0 Å². The lowest BCUT2D eigenvalue weighted by Crippen LogP contribution is -2.14. The van der Waals surface area contributed by atoms with E-state index >= 15 is 0 Å². The summed E-state index contributed by atoms with van der Waals surface area (Å²) in [6.07, 6.45) is 0. The van der Waals surface area contributed by atoms with Gasteiger partial charge in [-0.05, 0) is 48.5 Å². The van der Waals surface area contributed by atoms with Crippen molar-refractivity contribution < 1.29 is 9.18 Å². The molecule has 1 amide bonds.